The van der Waals surface area contributed by atoms with Crippen LogP contribution < -0.4 is 15.0 Å². The van der Waals surface area contributed by atoms with Crippen LogP contribution in [-0.2, 0) is 4.79 Å². The van der Waals surface area contributed by atoms with Crippen LogP contribution in [0.1, 0.15) is 32.1 Å². The molecule has 10 heteroatoms. The number of rotatable bonds is 8. The number of methoxy groups -OCH3 is 1. The average molecular weight is 470 g/mol. The van der Waals surface area contributed by atoms with Crippen molar-refractivity contribution in [1.29, 1.82) is 0 Å². The second-order valence-electron chi connectivity index (χ2n) is 7.03. The standard InChI is InChI=1S/C20H24ClN3O4S2/c1-28-16-8-7-14(9-15(16)21)24(11-13-5-3-2-4-6-13)20(27)23-19-22-10-18(30-19)29-12-17(25)26/h7-10,13H,2-6,11-12H2,1H3,(H,25,26)(H,22,23,27). The number of nitrogens with zero attached hydrogens (tertiary/aromatic N) is 2. The summed E-state index contributed by atoms with van der Waals surface area (Å²) in [7, 11) is 1.55. The molecule has 1 saturated carbocycles. The first-order valence-electron chi connectivity index (χ1n) is 9.68. The van der Waals surface area contributed by atoms with E-state index in [-0.39, 0.29) is 11.8 Å². The number of thiazole rings is 1. The van der Waals surface area contributed by atoms with Gasteiger partial charge in [-0.3, -0.25) is 15.0 Å². The second kappa shape index (κ2) is 10.9. The molecule has 7 nitrogen and oxygen atoms in total. The van der Waals surface area contributed by atoms with Gasteiger partial charge in [-0.15, -0.1) is 11.8 Å². The number of hydrogen-bond donors (Lipinski definition) is 2. The van der Waals surface area contributed by atoms with Crippen LogP contribution in [0, 0.1) is 5.92 Å². The maximum atomic E-state index is 13.1. The van der Waals surface area contributed by atoms with Crippen LogP contribution >= 0.6 is 34.7 Å². The van der Waals surface area contributed by atoms with E-state index in [0.717, 1.165) is 17.1 Å². The highest BCUT2D eigenvalue weighted by molar-refractivity contribution is 8.01. The minimum Gasteiger partial charge on any atom is -0.495 e. The van der Waals surface area contributed by atoms with E-state index in [2.05, 4.69) is 10.3 Å². The summed E-state index contributed by atoms with van der Waals surface area (Å²) in [6, 6.07) is 5.02. The number of benzene rings is 1. The van der Waals surface area contributed by atoms with Gasteiger partial charge in [0.25, 0.3) is 0 Å². The molecule has 0 aliphatic heterocycles. The monoisotopic (exact) mass is 469 g/mol. The van der Waals surface area contributed by atoms with E-state index < -0.39 is 5.97 Å². The second-order valence-corrected chi connectivity index (χ2v) is 9.74. The van der Waals surface area contributed by atoms with Gasteiger partial charge in [-0.05, 0) is 37.0 Å². The van der Waals surface area contributed by atoms with E-state index in [1.165, 1.54) is 42.4 Å². The lowest BCUT2D eigenvalue weighted by atomic mass is 9.89. The largest absolute Gasteiger partial charge is 0.495 e. The summed E-state index contributed by atoms with van der Waals surface area (Å²) in [5, 5.41) is 12.5. The highest BCUT2D eigenvalue weighted by atomic mass is 35.5. The molecule has 1 aromatic carbocycles. The highest BCUT2D eigenvalue weighted by Gasteiger charge is 2.24. The fourth-order valence-electron chi connectivity index (χ4n) is 3.43. The van der Waals surface area contributed by atoms with Crippen LogP contribution in [0.3, 0.4) is 0 Å². The van der Waals surface area contributed by atoms with E-state index >= 15 is 0 Å². The number of halogens is 1. The van der Waals surface area contributed by atoms with Crippen molar-refractivity contribution in [2.45, 2.75) is 36.3 Å². The van der Waals surface area contributed by atoms with Crippen LogP contribution in [0.25, 0.3) is 0 Å². The van der Waals surface area contributed by atoms with Crippen LogP contribution in [-0.4, -0.2) is 41.5 Å². The van der Waals surface area contributed by atoms with Gasteiger partial charge in [-0.2, -0.15) is 0 Å². The van der Waals surface area contributed by atoms with Crippen molar-refractivity contribution in [3.63, 3.8) is 0 Å². The number of anilines is 2. The van der Waals surface area contributed by atoms with Crippen LogP contribution in [0.5, 0.6) is 5.75 Å². The number of carbonyl (C=O) groups excluding carboxylic acids is 1. The average Bonchev–Trinajstić information content (AvgIpc) is 3.18. The summed E-state index contributed by atoms with van der Waals surface area (Å²) in [4.78, 5) is 29.8. The maximum absolute atomic E-state index is 13.1. The van der Waals surface area contributed by atoms with Crippen molar-refractivity contribution < 1.29 is 19.4 Å². The van der Waals surface area contributed by atoms with Gasteiger partial charge in [-0.25, -0.2) is 9.78 Å². The SMILES string of the molecule is COc1ccc(N(CC2CCCCC2)C(=O)Nc2ncc(SCC(=O)O)s2)cc1Cl. The van der Waals surface area contributed by atoms with Gasteiger partial charge in [-0.1, -0.05) is 42.2 Å². The van der Waals surface area contributed by atoms with Crippen molar-refractivity contribution in [3.05, 3.63) is 29.4 Å². The summed E-state index contributed by atoms with van der Waals surface area (Å²) in [5.74, 6) is 0.0455. The lowest BCUT2D eigenvalue weighted by Crippen LogP contribution is -2.39. The van der Waals surface area contributed by atoms with Crippen LogP contribution in [0.15, 0.2) is 28.6 Å². The summed E-state index contributed by atoms with van der Waals surface area (Å²) >= 11 is 8.73. The first-order valence-corrected chi connectivity index (χ1v) is 11.9. The number of aliphatic carboxylic acids is 1. The van der Waals surface area contributed by atoms with Gasteiger partial charge in [0.05, 0.1) is 28.3 Å². The summed E-state index contributed by atoms with van der Waals surface area (Å²) in [6.45, 7) is 0.598. The highest BCUT2D eigenvalue weighted by Crippen LogP contribution is 2.33. The lowest BCUT2D eigenvalue weighted by Gasteiger charge is -2.30. The Bertz CT molecular complexity index is 887. The third kappa shape index (κ3) is 6.26. The van der Waals surface area contributed by atoms with Gasteiger partial charge in [0.1, 0.15) is 5.75 Å². The molecule has 30 heavy (non-hydrogen) atoms. The van der Waals surface area contributed by atoms with Crippen molar-refractivity contribution in [2.75, 3.05) is 29.6 Å². The number of hydrogen-bond acceptors (Lipinski definition) is 6. The number of ether oxygens (including phenoxy) is 1. The molecule has 0 bridgehead atoms. The molecule has 0 atom stereocenters. The fraction of sp³-hybridized carbons (Fsp3) is 0.450. The number of carbonyl (C=O) groups is 2. The molecule has 0 saturated heterocycles. The molecule has 2 N–H and O–H groups in total. The Morgan fingerprint density at radius 3 is 2.80 bits per heavy atom. The van der Waals surface area contributed by atoms with Crippen molar-refractivity contribution in [3.8, 4) is 5.75 Å². The van der Waals surface area contributed by atoms with E-state index in [0.29, 0.717) is 34.1 Å². The molecule has 3 rings (SSSR count). The minimum atomic E-state index is -0.894. The molecule has 1 aliphatic rings. The number of nitrogens with one attached hydrogen (secondary N) is 1. The Morgan fingerprint density at radius 2 is 2.13 bits per heavy atom. The smallest absolute Gasteiger partial charge is 0.328 e. The van der Waals surface area contributed by atoms with Crippen molar-refractivity contribution >= 4 is 57.5 Å². The van der Waals surface area contributed by atoms with Gasteiger partial charge in [0.2, 0.25) is 0 Å². The number of urea groups is 1. The number of carboxylic acid groups (broad SMARTS) is 1. The maximum Gasteiger partial charge on any atom is 0.328 e. The molecule has 1 aliphatic carbocycles. The molecule has 162 valence electrons. The quantitative estimate of drug-likeness (QED) is 0.489. The Kier molecular flexibility index (Phi) is 8.24. The third-order valence-corrected chi connectivity index (χ3v) is 7.28. The molecule has 2 aromatic rings. The molecular weight excluding hydrogens is 446 g/mol. The molecule has 1 heterocycles. The third-order valence-electron chi connectivity index (χ3n) is 4.89. The fourth-order valence-corrected chi connectivity index (χ4v) is 5.27. The van der Waals surface area contributed by atoms with E-state index in [1.807, 2.05) is 6.07 Å². The molecule has 0 unspecified atom stereocenters. The Morgan fingerprint density at radius 1 is 1.37 bits per heavy atom. The van der Waals surface area contributed by atoms with E-state index in [4.69, 9.17) is 21.4 Å². The van der Waals surface area contributed by atoms with E-state index in [9.17, 15) is 9.59 Å². The van der Waals surface area contributed by atoms with Crippen molar-refractivity contribution in [1.82, 2.24) is 4.98 Å². The zero-order chi connectivity index (χ0) is 21.5. The normalized spacial score (nSPS) is 14.3. The zero-order valence-corrected chi connectivity index (χ0v) is 19.0. The van der Waals surface area contributed by atoms with E-state index in [1.54, 1.807) is 30.3 Å². The number of thioether (sulfide) groups is 1. The summed E-state index contributed by atoms with van der Waals surface area (Å²) in [5.41, 5.74) is 0.695. The summed E-state index contributed by atoms with van der Waals surface area (Å²) in [6.07, 6.45) is 7.37. The van der Waals surface area contributed by atoms with Crippen LogP contribution in [0.4, 0.5) is 15.6 Å². The van der Waals surface area contributed by atoms with Crippen LogP contribution in [0.2, 0.25) is 5.02 Å². The summed E-state index contributed by atoms with van der Waals surface area (Å²) < 4.78 is 5.96. The minimum absolute atomic E-state index is 0.0479. The van der Waals surface area contributed by atoms with Gasteiger partial charge >= 0.3 is 12.0 Å². The lowest BCUT2D eigenvalue weighted by molar-refractivity contribution is -0.133. The molecule has 1 fully saturated rings. The predicted octanol–water partition coefficient (Wildman–Crippen LogP) is 5.60. The number of aromatic nitrogens is 1. The Labute approximate surface area is 188 Å². The predicted molar refractivity (Wildman–Crippen MR) is 121 cm³/mol. The van der Waals surface area contributed by atoms with Crippen molar-refractivity contribution in [2.24, 2.45) is 5.92 Å². The van der Waals surface area contributed by atoms with Gasteiger partial charge < -0.3 is 9.84 Å². The molecule has 1 aromatic heterocycles. The molecule has 2 amide bonds. The van der Waals surface area contributed by atoms with Gasteiger partial charge in [0, 0.05) is 12.2 Å². The Hall–Kier alpha value is -1.97. The number of carboxylic acids is 1. The molecule has 0 spiro atoms. The number of amides is 2. The first kappa shape index (κ1) is 22.7. The van der Waals surface area contributed by atoms with Gasteiger partial charge in [0.15, 0.2) is 5.13 Å². The zero-order valence-electron chi connectivity index (χ0n) is 16.6. The molecular formula is C20H24ClN3O4S2. The Balaban J connectivity index is 1.75. The topological polar surface area (TPSA) is 91.8 Å². The molecule has 0 radical (unpaired) electrons. The first-order chi connectivity index (χ1) is 14.5.